The minimum absolute atomic E-state index is 0.118. The van der Waals surface area contributed by atoms with E-state index in [1.165, 1.54) is 0 Å². The van der Waals surface area contributed by atoms with Gasteiger partial charge in [0, 0.05) is 18.2 Å². The second-order valence-electron chi connectivity index (χ2n) is 4.67. The molecule has 2 unspecified atom stereocenters. The van der Waals surface area contributed by atoms with Crippen LogP contribution in [-0.4, -0.2) is 19.4 Å². The van der Waals surface area contributed by atoms with Crippen molar-refractivity contribution in [3.05, 3.63) is 34.1 Å². The van der Waals surface area contributed by atoms with Gasteiger partial charge in [0.05, 0.1) is 9.82 Å². The maximum absolute atomic E-state index is 13.5. The van der Waals surface area contributed by atoms with Gasteiger partial charge in [-0.2, -0.15) is 4.39 Å². The van der Waals surface area contributed by atoms with Gasteiger partial charge in [-0.05, 0) is 18.9 Å². The van der Waals surface area contributed by atoms with E-state index >= 15 is 0 Å². The maximum atomic E-state index is 13.5. The van der Waals surface area contributed by atoms with Crippen LogP contribution >= 0.6 is 0 Å². The Morgan fingerprint density at radius 2 is 2.00 bits per heavy atom. The van der Waals surface area contributed by atoms with Crippen LogP contribution < -0.4 is 4.72 Å². The van der Waals surface area contributed by atoms with Crippen LogP contribution in [0.25, 0.3) is 0 Å². The third kappa shape index (κ3) is 3.73. The third-order valence-corrected chi connectivity index (χ3v) is 4.82. The summed E-state index contributed by atoms with van der Waals surface area (Å²) < 4.78 is 40.0. The first-order valence-electron chi connectivity index (χ1n) is 6.15. The summed E-state index contributed by atoms with van der Waals surface area (Å²) in [5.41, 5.74) is -0.751. The summed E-state index contributed by atoms with van der Waals surface area (Å²) in [4.78, 5) is 9.26. The van der Waals surface area contributed by atoms with E-state index < -0.39 is 26.5 Å². The maximum Gasteiger partial charge on any atom is 0.304 e. The first-order chi connectivity index (χ1) is 9.19. The number of nitrogens with one attached hydrogen (secondary N) is 1. The molecule has 20 heavy (non-hydrogen) atoms. The molecule has 1 rings (SSSR count). The van der Waals surface area contributed by atoms with E-state index in [0.717, 1.165) is 18.6 Å². The van der Waals surface area contributed by atoms with Crippen LogP contribution in [0.2, 0.25) is 0 Å². The van der Waals surface area contributed by atoms with Gasteiger partial charge in [0.1, 0.15) is 0 Å². The van der Waals surface area contributed by atoms with Gasteiger partial charge in [0.15, 0.2) is 0 Å². The quantitative estimate of drug-likeness (QED) is 0.645. The number of hydrogen-bond donors (Lipinski definition) is 1. The predicted octanol–water partition coefficient (Wildman–Crippen LogP) is 2.45. The highest BCUT2D eigenvalue weighted by atomic mass is 32.2. The summed E-state index contributed by atoms with van der Waals surface area (Å²) in [6.07, 6.45) is 0.790. The molecule has 6 nitrogen and oxygen atoms in total. The lowest BCUT2D eigenvalue weighted by Crippen LogP contribution is -2.36. The van der Waals surface area contributed by atoms with Gasteiger partial charge in [-0.1, -0.05) is 20.3 Å². The first kappa shape index (κ1) is 16.5. The fourth-order valence-electron chi connectivity index (χ4n) is 1.59. The summed E-state index contributed by atoms with van der Waals surface area (Å²) in [7, 11) is -3.89. The van der Waals surface area contributed by atoms with E-state index in [-0.39, 0.29) is 16.9 Å². The molecule has 0 amide bonds. The van der Waals surface area contributed by atoms with E-state index in [4.69, 9.17) is 0 Å². The van der Waals surface area contributed by atoms with Crippen molar-refractivity contribution < 1.29 is 17.7 Å². The van der Waals surface area contributed by atoms with Crippen molar-refractivity contribution in [2.45, 2.75) is 38.1 Å². The number of nitro benzene ring substituents is 1. The molecule has 112 valence electrons. The molecule has 0 saturated heterocycles. The summed E-state index contributed by atoms with van der Waals surface area (Å²) in [5.74, 6) is -1.05. The van der Waals surface area contributed by atoms with Crippen LogP contribution in [-0.2, 0) is 10.0 Å². The van der Waals surface area contributed by atoms with Crippen molar-refractivity contribution in [3.63, 3.8) is 0 Å². The molecule has 0 heterocycles. The van der Waals surface area contributed by atoms with E-state index in [2.05, 4.69) is 4.72 Å². The van der Waals surface area contributed by atoms with Gasteiger partial charge in [0.25, 0.3) is 0 Å². The summed E-state index contributed by atoms with van der Waals surface area (Å²) in [6, 6.07) is 2.21. The van der Waals surface area contributed by atoms with Crippen LogP contribution in [0.5, 0.6) is 0 Å². The molecular formula is C12H17FN2O4S. The Balaban J connectivity index is 3.05. The Hall–Kier alpha value is -1.54. The standard InChI is InChI=1S/C12H17FN2O4S/c1-4-8(2)9(3)14-20(18,19)10-5-6-12(15(16)17)11(13)7-10/h5-9,14H,4H2,1-3H3. The molecule has 0 aliphatic rings. The van der Waals surface area contributed by atoms with E-state index in [1.807, 2.05) is 13.8 Å². The molecule has 0 spiro atoms. The van der Waals surface area contributed by atoms with Gasteiger partial charge < -0.3 is 0 Å². The van der Waals surface area contributed by atoms with Crippen molar-refractivity contribution >= 4 is 15.7 Å². The lowest BCUT2D eigenvalue weighted by molar-refractivity contribution is -0.387. The molecule has 8 heteroatoms. The molecule has 1 aromatic carbocycles. The van der Waals surface area contributed by atoms with Crippen LogP contribution in [0, 0.1) is 21.8 Å². The van der Waals surface area contributed by atoms with Gasteiger partial charge in [0.2, 0.25) is 15.8 Å². The second-order valence-corrected chi connectivity index (χ2v) is 6.38. The number of hydrogen-bond acceptors (Lipinski definition) is 4. The number of nitrogens with zero attached hydrogens (tertiary/aromatic N) is 1. The highest BCUT2D eigenvalue weighted by Crippen LogP contribution is 2.21. The second kappa shape index (κ2) is 6.27. The summed E-state index contributed by atoms with van der Waals surface area (Å²) >= 11 is 0. The minimum Gasteiger partial charge on any atom is -0.258 e. The number of nitro groups is 1. The van der Waals surface area contributed by atoms with Crippen LogP contribution in [0.1, 0.15) is 27.2 Å². The van der Waals surface area contributed by atoms with Gasteiger partial charge in [-0.3, -0.25) is 10.1 Å². The van der Waals surface area contributed by atoms with Crippen molar-refractivity contribution in [2.75, 3.05) is 0 Å². The van der Waals surface area contributed by atoms with Crippen LogP contribution in [0.4, 0.5) is 10.1 Å². The first-order valence-corrected chi connectivity index (χ1v) is 7.63. The van der Waals surface area contributed by atoms with Crippen molar-refractivity contribution in [2.24, 2.45) is 5.92 Å². The molecule has 0 aliphatic carbocycles. The number of rotatable bonds is 6. The number of benzene rings is 1. The Morgan fingerprint density at radius 1 is 1.40 bits per heavy atom. The fourth-order valence-corrected chi connectivity index (χ4v) is 2.95. The zero-order valence-electron chi connectivity index (χ0n) is 11.5. The summed E-state index contributed by atoms with van der Waals surface area (Å²) in [6.45, 7) is 5.54. The van der Waals surface area contributed by atoms with Crippen molar-refractivity contribution in [1.82, 2.24) is 4.72 Å². The highest BCUT2D eigenvalue weighted by Gasteiger charge is 2.23. The molecule has 0 fully saturated rings. The SMILES string of the molecule is CCC(C)C(C)NS(=O)(=O)c1ccc([N+](=O)[O-])c(F)c1. The van der Waals surface area contributed by atoms with Gasteiger partial charge in [-0.25, -0.2) is 13.1 Å². The van der Waals surface area contributed by atoms with E-state index in [1.54, 1.807) is 6.92 Å². The lowest BCUT2D eigenvalue weighted by atomic mass is 10.0. The normalized spacial score (nSPS) is 14.8. The highest BCUT2D eigenvalue weighted by molar-refractivity contribution is 7.89. The Kier molecular flexibility index (Phi) is 5.18. The largest absolute Gasteiger partial charge is 0.304 e. The molecule has 0 saturated carbocycles. The fraction of sp³-hybridized carbons (Fsp3) is 0.500. The Labute approximate surface area is 117 Å². The average Bonchev–Trinajstić information content (AvgIpc) is 2.36. The summed E-state index contributed by atoms with van der Waals surface area (Å²) in [5, 5.41) is 10.5. The molecule has 0 radical (unpaired) electrons. The minimum atomic E-state index is -3.89. The van der Waals surface area contributed by atoms with Gasteiger partial charge >= 0.3 is 5.69 Å². The predicted molar refractivity (Wildman–Crippen MR) is 72.3 cm³/mol. The van der Waals surface area contributed by atoms with Crippen molar-refractivity contribution in [1.29, 1.82) is 0 Å². The molecule has 0 bridgehead atoms. The molecule has 0 aromatic heterocycles. The Bertz CT molecular complexity index is 603. The lowest BCUT2D eigenvalue weighted by Gasteiger charge is -2.19. The molecule has 1 N–H and O–H groups in total. The molecule has 1 aromatic rings. The van der Waals surface area contributed by atoms with Gasteiger partial charge in [-0.15, -0.1) is 0 Å². The number of sulfonamides is 1. The Morgan fingerprint density at radius 3 is 2.45 bits per heavy atom. The number of halogens is 1. The topological polar surface area (TPSA) is 89.3 Å². The smallest absolute Gasteiger partial charge is 0.258 e. The average molecular weight is 304 g/mol. The molecule has 2 atom stereocenters. The zero-order valence-corrected chi connectivity index (χ0v) is 12.3. The zero-order chi connectivity index (χ0) is 15.5. The van der Waals surface area contributed by atoms with E-state index in [0.29, 0.717) is 6.07 Å². The van der Waals surface area contributed by atoms with Crippen LogP contribution in [0.15, 0.2) is 23.1 Å². The van der Waals surface area contributed by atoms with Crippen molar-refractivity contribution in [3.8, 4) is 0 Å². The van der Waals surface area contributed by atoms with Crippen LogP contribution in [0.3, 0.4) is 0 Å². The molecule has 0 aliphatic heterocycles. The van der Waals surface area contributed by atoms with E-state index in [9.17, 15) is 22.9 Å². The third-order valence-electron chi connectivity index (χ3n) is 3.26. The monoisotopic (exact) mass is 304 g/mol. The molecular weight excluding hydrogens is 287 g/mol.